The van der Waals surface area contributed by atoms with Crippen LogP contribution < -0.4 is 0 Å². The van der Waals surface area contributed by atoms with Crippen LogP contribution in [0.5, 0.6) is 0 Å². The van der Waals surface area contributed by atoms with E-state index in [-0.39, 0.29) is 0 Å². The molecule has 7 aromatic carbocycles. The highest BCUT2D eigenvalue weighted by Gasteiger charge is 2.21. The molecule has 0 aliphatic carbocycles. The van der Waals surface area contributed by atoms with Crippen LogP contribution in [0.4, 0.5) is 0 Å². The van der Waals surface area contributed by atoms with Gasteiger partial charge in [-0.15, -0.1) is 0 Å². The summed E-state index contributed by atoms with van der Waals surface area (Å²) in [5.41, 5.74) is 12.1. The van der Waals surface area contributed by atoms with Gasteiger partial charge in [-0.05, 0) is 55.6 Å². The second kappa shape index (κ2) is 11.0. The Morgan fingerprint density at radius 1 is 0.400 bits per heavy atom. The molecule has 0 aliphatic rings. The maximum Gasteiger partial charge on any atom is 0.235 e. The summed E-state index contributed by atoms with van der Waals surface area (Å²) >= 11 is 0. The Kier molecular flexibility index (Phi) is 6.27. The zero-order valence-corrected chi connectivity index (χ0v) is 27.8. The molecule has 236 valence electrons. The highest BCUT2D eigenvalue weighted by atomic mass is 15.2. The fourth-order valence-corrected chi connectivity index (χ4v) is 7.67. The van der Waals surface area contributed by atoms with Crippen molar-refractivity contribution in [2.45, 2.75) is 13.8 Å². The fraction of sp³-hybridized carbons (Fsp3) is 0.0435. The molecule has 0 fully saturated rings. The van der Waals surface area contributed by atoms with Crippen LogP contribution in [0.25, 0.3) is 88.5 Å². The Morgan fingerprint density at radius 2 is 0.920 bits per heavy atom. The van der Waals surface area contributed by atoms with E-state index in [1.807, 2.05) is 0 Å². The molecule has 0 unspecified atom stereocenters. The molecule has 0 atom stereocenters. The molecule has 4 nitrogen and oxygen atoms in total. The van der Waals surface area contributed by atoms with Gasteiger partial charge in [0.25, 0.3) is 0 Å². The van der Waals surface area contributed by atoms with Crippen LogP contribution in [0, 0.1) is 13.8 Å². The standard InChI is InChI=1S/C46H32N4/c1-29-16-20-31(21-17-29)39-28-40(32-22-18-30(2)19-23-32)48-46(47-39)50-42-15-9-7-13-38(42)44-35-24-25-36-34-12-6-8-14-41(34)49(33-10-4-3-5-11-33)45(36)37(35)26-27-43(44)50/h3-28H,1-2H3. The van der Waals surface area contributed by atoms with E-state index in [1.54, 1.807) is 0 Å². The van der Waals surface area contributed by atoms with Gasteiger partial charge in [-0.25, -0.2) is 9.97 Å². The van der Waals surface area contributed by atoms with Crippen LogP contribution in [0.15, 0.2) is 158 Å². The number of nitrogens with zero attached hydrogens (tertiary/aromatic N) is 4. The minimum Gasteiger partial charge on any atom is -0.309 e. The third kappa shape index (κ3) is 4.32. The van der Waals surface area contributed by atoms with Crippen molar-refractivity contribution >= 4 is 54.4 Å². The van der Waals surface area contributed by atoms with Crippen molar-refractivity contribution in [2.75, 3.05) is 0 Å². The van der Waals surface area contributed by atoms with Crippen molar-refractivity contribution in [3.05, 3.63) is 169 Å². The van der Waals surface area contributed by atoms with Gasteiger partial charge in [0.05, 0.1) is 33.5 Å². The topological polar surface area (TPSA) is 35.6 Å². The van der Waals surface area contributed by atoms with Gasteiger partial charge in [0, 0.05) is 43.7 Å². The molecule has 0 radical (unpaired) electrons. The average molecular weight is 641 g/mol. The molecular formula is C46H32N4. The van der Waals surface area contributed by atoms with E-state index in [0.29, 0.717) is 5.95 Å². The van der Waals surface area contributed by atoms with Crippen molar-refractivity contribution < 1.29 is 0 Å². The van der Waals surface area contributed by atoms with E-state index in [9.17, 15) is 0 Å². The molecule has 0 N–H and O–H groups in total. The maximum atomic E-state index is 5.28. The van der Waals surface area contributed by atoms with Crippen molar-refractivity contribution in [2.24, 2.45) is 0 Å². The number of benzene rings is 7. The molecule has 10 aromatic rings. The van der Waals surface area contributed by atoms with Crippen LogP contribution in [0.3, 0.4) is 0 Å². The van der Waals surface area contributed by atoms with Crippen molar-refractivity contribution in [3.8, 4) is 34.2 Å². The van der Waals surface area contributed by atoms with Gasteiger partial charge < -0.3 is 4.57 Å². The Hall–Kier alpha value is -6.52. The molecule has 3 aromatic heterocycles. The maximum absolute atomic E-state index is 5.28. The van der Waals surface area contributed by atoms with Gasteiger partial charge >= 0.3 is 0 Å². The lowest BCUT2D eigenvalue weighted by Gasteiger charge is -2.13. The quantitative estimate of drug-likeness (QED) is 0.192. The first-order valence-electron chi connectivity index (χ1n) is 17.1. The number of rotatable bonds is 4. The molecule has 4 heteroatoms. The predicted molar refractivity (Wildman–Crippen MR) is 209 cm³/mol. The molecular weight excluding hydrogens is 609 g/mol. The summed E-state index contributed by atoms with van der Waals surface area (Å²) in [4.78, 5) is 10.6. The lowest BCUT2D eigenvalue weighted by atomic mass is 10.0. The molecule has 0 amide bonds. The van der Waals surface area contributed by atoms with Gasteiger partial charge in [0.1, 0.15) is 0 Å². The lowest BCUT2D eigenvalue weighted by Crippen LogP contribution is -2.04. The SMILES string of the molecule is Cc1ccc(-c2cc(-c3ccc(C)cc3)nc(-n3c4ccccc4c4c5ccc6c7ccccc7n(-c7ccccc7)c6c5ccc43)n2)cc1. The normalized spacial score (nSPS) is 11.8. The third-order valence-corrected chi connectivity index (χ3v) is 10.1. The van der Waals surface area contributed by atoms with E-state index < -0.39 is 0 Å². The first kappa shape index (κ1) is 28.5. The fourth-order valence-electron chi connectivity index (χ4n) is 7.67. The average Bonchev–Trinajstić information content (AvgIpc) is 3.69. The molecule has 0 aliphatic heterocycles. The number of hydrogen-bond donors (Lipinski definition) is 0. The molecule has 0 bridgehead atoms. The van der Waals surface area contributed by atoms with E-state index in [4.69, 9.17) is 9.97 Å². The minimum absolute atomic E-state index is 0.656. The van der Waals surface area contributed by atoms with Gasteiger partial charge in [0.15, 0.2) is 0 Å². The van der Waals surface area contributed by atoms with Gasteiger partial charge in [-0.2, -0.15) is 0 Å². The van der Waals surface area contributed by atoms with E-state index >= 15 is 0 Å². The summed E-state index contributed by atoms with van der Waals surface area (Å²) in [6.45, 7) is 4.23. The monoisotopic (exact) mass is 640 g/mol. The van der Waals surface area contributed by atoms with Crippen LogP contribution in [-0.2, 0) is 0 Å². The molecule has 10 rings (SSSR count). The van der Waals surface area contributed by atoms with Crippen molar-refractivity contribution in [1.29, 1.82) is 0 Å². The third-order valence-electron chi connectivity index (χ3n) is 10.1. The highest BCUT2D eigenvalue weighted by molar-refractivity contribution is 6.27. The van der Waals surface area contributed by atoms with Gasteiger partial charge in [-0.1, -0.05) is 132 Å². The summed E-state index contributed by atoms with van der Waals surface area (Å²) in [5, 5.41) is 7.30. The lowest BCUT2D eigenvalue weighted by molar-refractivity contribution is 0.996. The van der Waals surface area contributed by atoms with Gasteiger partial charge in [-0.3, -0.25) is 4.57 Å². The van der Waals surface area contributed by atoms with E-state index in [0.717, 1.165) is 39.2 Å². The van der Waals surface area contributed by atoms with Crippen molar-refractivity contribution in [3.63, 3.8) is 0 Å². The van der Waals surface area contributed by atoms with E-state index in [1.165, 1.54) is 54.5 Å². The van der Waals surface area contributed by atoms with Gasteiger partial charge in [0.2, 0.25) is 5.95 Å². The molecule has 50 heavy (non-hydrogen) atoms. The van der Waals surface area contributed by atoms with Crippen LogP contribution in [0.1, 0.15) is 11.1 Å². The summed E-state index contributed by atoms with van der Waals surface area (Å²) in [5.74, 6) is 0.656. The van der Waals surface area contributed by atoms with Crippen LogP contribution in [0.2, 0.25) is 0 Å². The zero-order chi connectivity index (χ0) is 33.3. The predicted octanol–water partition coefficient (Wildman–Crippen LogP) is 11.8. The van der Waals surface area contributed by atoms with Crippen LogP contribution in [-0.4, -0.2) is 19.1 Å². The van der Waals surface area contributed by atoms with Crippen LogP contribution >= 0.6 is 0 Å². The second-order valence-corrected chi connectivity index (χ2v) is 13.2. The number of para-hydroxylation sites is 3. The second-order valence-electron chi connectivity index (χ2n) is 13.2. The summed E-state index contributed by atoms with van der Waals surface area (Å²) < 4.78 is 4.66. The largest absolute Gasteiger partial charge is 0.309 e. The first-order valence-corrected chi connectivity index (χ1v) is 17.1. The zero-order valence-electron chi connectivity index (χ0n) is 27.8. The highest BCUT2D eigenvalue weighted by Crippen LogP contribution is 2.42. The molecule has 0 saturated heterocycles. The minimum atomic E-state index is 0.656. The smallest absolute Gasteiger partial charge is 0.235 e. The summed E-state index contributed by atoms with van der Waals surface area (Å²) in [6.07, 6.45) is 0. The number of aryl methyl sites for hydroxylation is 2. The number of aromatic nitrogens is 4. The Morgan fingerprint density at radius 3 is 1.58 bits per heavy atom. The number of hydrogen-bond acceptors (Lipinski definition) is 2. The molecule has 0 saturated carbocycles. The Balaban J connectivity index is 1.30. The molecule has 0 spiro atoms. The summed E-state index contributed by atoms with van der Waals surface area (Å²) in [7, 11) is 0. The number of fused-ring (bicyclic) bond motifs is 9. The van der Waals surface area contributed by atoms with Crippen molar-refractivity contribution in [1.82, 2.24) is 19.1 Å². The van der Waals surface area contributed by atoms with E-state index in [2.05, 4.69) is 181 Å². The summed E-state index contributed by atoms with van der Waals surface area (Å²) in [6, 6.07) is 56.5. The first-order chi connectivity index (χ1) is 24.6. The Labute approximate surface area is 289 Å². The Bertz CT molecular complexity index is 2850. The molecule has 3 heterocycles.